The Morgan fingerprint density at radius 3 is 2.33 bits per heavy atom. The summed E-state index contributed by atoms with van der Waals surface area (Å²) in [7, 11) is 1.33. The molecule has 1 aromatic carbocycles. The Labute approximate surface area is 121 Å². The molecule has 0 aliphatic rings. The zero-order valence-electron chi connectivity index (χ0n) is 12.1. The molecule has 1 N–H and O–H groups in total. The SMILES string of the molecule is C/C=C(/C(=O)COC)C(=O)NCc1c(F)cc(C)cc1F. The van der Waals surface area contributed by atoms with Gasteiger partial charge in [-0.1, -0.05) is 6.08 Å². The van der Waals surface area contributed by atoms with Gasteiger partial charge >= 0.3 is 0 Å². The van der Waals surface area contributed by atoms with Gasteiger partial charge in [0.15, 0.2) is 5.78 Å². The smallest absolute Gasteiger partial charge is 0.254 e. The quantitative estimate of drug-likeness (QED) is 0.497. The molecule has 0 saturated carbocycles. The molecule has 6 heteroatoms. The number of hydrogen-bond donors (Lipinski definition) is 1. The Balaban J connectivity index is 2.79. The van der Waals surface area contributed by atoms with Crippen molar-refractivity contribution in [3.05, 3.63) is 46.5 Å². The van der Waals surface area contributed by atoms with Crippen molar-refractivity contribution in [3.63, 3.8) is 0 Å². The van der Waals surface area contributed by atoms with E-state index in [1.165, 1.54) is 32.2 Å². The highest BCUT2D eigenvalue weighted by Gasteiger charge is 2.18. The van der Waals surface area contributed by atoms with Gasteiger partial charge in [0.1, 0.15) is 18.2 Å². The number of ketones is 1. The van der Waals surface area contributed by atoms with Crippen LogP contribution < -0.4 is 5.32 Å². The van der Waals surface area contributed by atoms with Gasteiger partial charge in [0.25, 0.3) is 5.91 Å². The minimum atomic E-state index is -0.738. The molecule has 0 unspecified atom stereocenters. The summed E-state index contributed by atoms with van der Waals surface area (Å²) in [5.74, 6) is -2.67. The van der Waals surface area contributed by atoms with Crippen LogP contribution in [0.15, 0.2) is 23.8 Å². The number of ether oxygens (including phenoxy) is 1. The summed E-state index contributed by atoms with van der Waals surface area (Å²) in [6.45, 7) is 2.51. The second kappa shape index (κ2) is 7.64. The van der Waals surface area contributed by atoms with Gasteiger partial charge in [-0.3, -0.25) is 9.59 Å². The van der Waals surface area contributed by atoms with E-state index in [0.29, 0.717) is 5.56 Å². The van der Waals surface area contributed by atoms with E-state index in [2.05, 4.69) is 10.1 Å². The zero-order valence-corrected chi connectivity index (χ0v) is 12.1. The average molecular weight is 297 g/mol. The van der Waals surface area contributed by atoms with Gasteiger partial charge in [0.05, 0.1) is 5.57 Å². The first kappa shape index (κ1) is 17.0. The average Bonchev–Trinajstić information content (AvgIpc) is 2.38. The lowest BCUT2D eigenvalue weighted by molar-refractivity contribution is -0.124. The van der Waals surface area contributed by atoms with Crippen molar-refractivity contribution in [1.82, 2.24) is 5.32 Å². The number of nitrogens with one attached hydrogen (secondary N) is 1. The number of methoxy groups -OCH3 is 1. The van der Waals surface area contributed by atoms with Crippen LogP contribution in [0.25, 0.3) is 0 Å². The van der Waals surface area contributed by atoms with Crippen LogP contribution in [0, 0.1) is 18.6 Å². The number of benzene rings is 1. The normalized spacial score (nSPS) is 11.4. The number of carbonyl (C=O) groups excluding carboxylic acids is 2. The van der Waals surface area contributed by atoms with E-state index >= 15 is 0 Å². The summed E-state index contributed by atoms with van der Waals surface area (Å²) in [5, 5.41) is 2.33. The van der Waals surface area contributed by atoms with Crippen LogP contribution >= 0.6 is 0 Å². The monoisotopic (exact) mass is 297 g/mol. The van der Waals surface area contributed by atoms with E-state index in [9.17, 15) is 18.4 Å². The maximum atomic E-state index is 13.6. The zero-order chi connectivity index (χ0) is 16.0. The first-order valence-corrected chi connectivity index (χ1v) is 6.31. The molecule has 0 atom stereocenters. The number of Topliss-reactive ketones (excluding diaryl/α,β-unsaturated/α-hetero) is 1. The van der Waals surface area contributed by atoms with Crippen LogP contribution in [0.2, 0.25) is 0 Å². The molecule has 0 aromatic heterocycles. The Morgan fingerprint density at radius 1 is 1.29 bits per heavy atom. The van der Waals surface area contributed by atoms with Crippen molar-refractivity contribution in [2.24, 2.45) is 0 Å². The van der Waals surface area contributed by atoms with Crippen LogP contribution in [0.4, 0.5) is 8.78 Å². The van der Waals surface area contributed by atoms with Crippen LogP contribution in [-0.2, 0) is 20.9 Å². The largest absolute Gasteiger partial charge is 0.377 e. The molecule has 0 radical (unpaired) electrons. The number of carbonyl (C=O) groups is 2. The number of hydrogen-bond acceptors (Lipinski definition) is 3. The Morgan fingerprint density at radius 2 is 1.86 bits per heavy atom. The Kier molecular flexibility index (Phi) is 6.17. The first-order valence-electron chi connectivity index (χ1n) is 6.31. The lowest BCUT2D eigenvalue weighted by Gasteiger charge is -2.10. The number of halogens is 2. The van der Waals surface area contributed by atoms with Crippen molar-refractivity contribution in [2.45, 2.75) is 20.4 Å². The predicted molar refractivity (Wildman–Crippen MR) is 73.6 cm³/mol. The van der Waals surface area contributed by atoms with E-state index in [1.54, 1.807) is 6.92 Å². The van der Waals surface area contributed by atoms with Gasteiger partial charge in [-0.05, 0) is 31.5 Å². The second-order valence-corrected chi connectivity index (χ2v) is 4.45. The minimum Gasteiger partial charge on any atom is -0.377 e. The summed E-state index contributed by atoms with van der Waals surface area (Å²) >= 11 is 0. The summed E-state index contributed by atoms with van der Waals surface area (Å²) in [6.07, 6.45) is 1.33. The molecule has 1 amide bonds. The maximum absolute atomic E-state index is 13.6. The third-order valence-electron chi connectivity index (χ3n) is 2.82. The van der Waals surface area contributed by atoms with Crippen molar-refractivity contribution < 1.29 is 23.1 Å². The lowest BCUT2D eigenvalue weighted by atomic mass is 10.1. The van der Waals surface area contributed by atoms with Crippen LogP contribution in [0.5, 0.6) is 0 Å². The fraction of sp³-hybridized carbons (Fsp3) is 0.333. The molecule has 0 aliphatic heterocycles. The molecular weight excluding hydrogens is 280 g/mol. The minimum absolute atomic E-state index is 0.107. The molecule has 0 spiro atoms. The van der Waals surface area contributed by atoms with E-state index in [-0.39, 0.29) is 24.3 Å². The van der Waals surface area contributed by atoms with Crippen LogP contribution in [-0.4, -0.2) is 25.4 Å². The summed E-state index contributed by atoms with van der Waals surface area (Å²) in [6, 6.07) is 2.36. The van der Waals surface area contributed by atoms with Crippen molar-refractivity contribution in [1.29, 1.82) is 0 Å². The molecule has 0 bridgehead atoms. The van der Waals surface area contributed by atoms with Crippen molar-refractivity contribution >= 4 is 11.7 Å². The van der Waals surface area contributed by atoms with Gasteiger partial charge < -0.3 is 10.1 Å². The first-order chi connectivity index (χ1) is 9.90. The molecule has 0 aliphatic carbocycles. The van der Waals surface area contributed by atoms with Crippen molar-refractivity contribution in [2.75, 3.05) is 13.7 Å². The third-order valence-corrected chi connectivity index (χ3v) is 2.82. The Bertz CT molecular complexity index is 559. The molecule has 21 heavy (non-hydrogen) atoms. The standard InChI is InChI=1S/C15H17F2NO3/c1-4-10(14(19)8-21-3)15(20)18-7-11-12(16)5-9(2)6-13(11)17/h4-6H,7-8H2,1-3H3,(H,18,20)/b10-4-. The fourth-order valence-electron chi connectivity index (χ4n) is 1.79. The highest BCUT2D eigenvalue weighted by molar-refractivity contribution is 6.19. The molecular formula is C15H17F2NO3. The summed E-state index contributed by atoms with van der Waals surface area (Å²) < 4.78 is 31.9. The molecule has 4 nitrogen and oxygen atoms in total. The fourth-order valence-corrected chi connectivity index (χ4v) is 1.79. The number of amides is 1. The van der Waals surface area contributed by atoms with Crippen molar-refractivity contribution in [3.8, 4) is 0 Å². The maximum Gasteiger partial charge on any atom is 0.254 e. The molecule has 114 valence electrons. The van der Waals surface area contributed by atoms with Gasteiger partial charge in [0, 0.05) is 19.2 Å². The second-order valence-electron chi connectivity index (χ2n) is 4.45. The number of rotatable bonds is 6. The van der Waals surface area contributed by atoms with Gasteiger partial charge in [-0.15, -0.1) is 0 Å². The Hall–Kier alpha value is -2.08. The third kappa shape index (κ3) is 4.46. The number of allylic oxidation sites excluding steroid dienone is 1. The van der Waals surface area contributed by atoms with Crippen LogP contribution in [0.1, 0.15) is 18.1 Å². The van der Waals surface area contributed by atoms with E-state index in [4.69, 9.17) is 0 Å². The predicted octanol–water partition coefficient (Wildman–Crippen LogP) is 2.05. The molecule has 1 rings (SSSR count). The molecule has 1 aromatic rings. The molecule has 0 heterocycles. The lowest BCUT2D eigenvalue weighted by Crippen LogP contribution is -2.30. The van der Waals surface area contributed by atoms with E-state index in [0.717, 1.165) is 0 Å². The molecule has 0 fully saturated rings. The van der Waals surface area contributed by atoms with E-state index < -0.39 is 23.3 Å². The molecule has 0 saturated heterocycles. The van der Waals surface area contributed by atoms with Gasteiger partial charge in [0.2, 0.25) is 0 Å². The summed E-state index contributed by atoms with van der Waals surface area (Å²) in [4.78, 5) is 23.5. The highest BCUT2D eigenvalue weighted by atomic mass is 19.1. The van der Waals surface area contributed by atoms with Crippen LogP contribution in [0.3, 0.4) is 0 Å². The van der Waals surface area contributed by atoms with Gasteiger partial charge in [-0.2, -0.15) is 0 Å². The highest BCUT2D eigenvalue weighted by Crippen LogP contribution is 2.15. The topological polar surface area (TPSA) is 55.4 Å². The summed E-state index contributed by atoms with van der Waals surface area (Å²) in [5.41, 5.74) is 0.0952. The number of aryl methyl sites for hydroxylation is 1. The van der Waals surface area contributed by atoms with E-state index in [1.807, 2.05) is 0 Å². The van der Waals surface area contributed by atoms with Gasteiger partial charge in [-0.25, -0.2) is 8.78 Å².